The van der Waals surface area contributed by atoms with Crippen molar-refractivity contribution in [3.63, 3.8) is 0 Å². The molecule has 0 radical (unpaired) electrons. The Balaban J connectivity index is 1.37. The standard InChI is InChI=1S/C23H19BrFN5OS2/c1-2-11-30-21(16-5-9-18(25)10-6-16)28-29-23(30)32-14-20(31)27-22-26-13-19(33-22)12-15-3-7-17(24)8-4-15/h2-10,13H,1,11-12,14H2,(H,26,27,31). The van der Waals surface area contributed by atoms with Crippen LogP contribution in [-0.2, 0) is 17.8 Å². The lowest BCUT2D eigenvalue weighted by Crippen LogP contribution is -2.14. The molecular formula is C23H19BrFN5OS2. The Hall–Kier alpha value is -2.82. The van der Waals surface area contributed by atoms with E-state index in [1.807, 2.05) is 16.7 Å². The molecule has 4 aromatic rings. The molecule has 0 aliphatic carbocycles. The Morgan fingerprint density at radius 2 is 1.94 bits per heavy atom. The molecule has 0 bridgehead atoms. The lowest BCUT2D eigenvalue weighted by atomic mass is 10.1. The van der Waals surface area contributed by atoms with Crippen LogP contribution in [0.1, 0.15) is 10.4 Å². The summed E-state index contributed by atoms with van der Waals surface area (Å²) in [5, 5.41) is 12.4. The minimum absolute atomic E-state index is 0.153. The number of nitrogens with one attached hydrogen (secondary N) is 1. The highest BCUT2D eigenvalue weighted by Gasteiger charge is 2.16. The molecule has 2 aromatic heterocycles. The Bertz CT molecular complexity index is 1250. The first kappa shape index (κ1) is 23.3. The first-order valence-corrected chi connectivity index (χ1v) is 12.5. The number of anilines is 1. The smallest absolute Gasteiger partial charge is 0.236 e. The molecule has 1 N–H and O–H groups in total. The Labute approximate surface area is 207 Å². The number of hydrogen-bond donors (Lipinski definition) is 1. The maximum Gasteiger partial charge on any atom is 0.236 e. The van der Waals surface area contributed by atoms with E-state index in [9.17, 15) is 9.18 Å². The third-order valence-corrected chi connectivity index (χ3v) is 6.96. The highest BCUT2D eigenvalue weighted by Crippen LogP contribution is 2.26. The summed E-state index contributed by atoms with van der Waals surface area (Å²) in [5.74, 6) is 0.249. The number of thioether (sulfide) groups is 1. The molecule has 0 spiro atoms. The quantitative estimate of drug-likeness (QED) is 0.213. The number of carbonyl (C=O) groups is 1. The molecule has 6 nitrogen and oxygen atoms in total. The number of halogens is 2. The van der Waals surface area contributed by atoms with E-state index in [-0.39, 0.29) is 17.5 Å². The lowest BCUT2D eigenvalue weighted by molar-refractivity contribution is -0.113. The van der Waals surface area contributed by atoms with Gasteiger partial charge in [0, 0.05) is 34.1 Å². The number of aromatic nitrogens is 4. The van der Waals surface area contributed by atoms with Gasteiger partial charge in [-0.25, -0.2) is 9.37 Å². The molecule has 0 aliphatic rings. The summed E-state index contributed by atoms with van der Waals surface area (Å²) in [7, 11) is 0. The zero-order valence-corrected chi connectivity index (χ0v) is 20.6. The maximum absolute atomic E-state index is 13.3. The lowest BCUT2D eigenvalue weighted by Gasteiger charge is -2.07. The van der Waals surface area contributed by atoms with Crippen LogP contribution < -0.4 is 5.32 Å². The molecule has 0 atom stereocenters. The van der Waals surface area contributed by atoms with Gasteiger partial charge in [-0.3, -0.25) is 9.36 Å². The summed E-state index contributed by atoms with van der Waals surface area (Å²) in [6.45, 7) is 4.25. The Kier molecular flexibility index (Phi) is 7.69. The van der Waals surface area contributed by atoms with Gasteiger partial charge < -0.3 is 5.32 Å². The molecule has 2 aromatic carbocycles. The second-order valence-electron chi connectivity index (χ2n) is 6.98. The van der Waals surface area contributed by atoms with Gasteiger partial charge in [0.25, 0.3) is 0 Å². The van der Waals surface area contributed by atoms with E-state index in [2.05, 4.69) is 55.1 Å². The monoisotopic (exact) mass is 543 g/mol. The fraction of sp³-hybridized carbons (Fsp3) is 0.130. The summed E-state index contributed by atoms with van der Waals surface area (Å²) in [6.07, 6.45) is 4.26. The van der Waals surface area contributed by atoms with E-state index in [0.29, 0.717) is 22.7 Å². The first-order chi connectivity index (χ1) is 16.0. The molecule has 33 heavy (non-hydrogen) atoms. The van der Waals surface area contributed by atoms with Crippen molar-refractivity contribution >= 4 is 50.1 Å². The van der Waals surface area contributed by atoms with Crippen LogP contribution in [0.2, 0.25) is 0 Å². The van der Waals surface area contributed by atoms with Crippen LogP contribution in [0, 0.1) is 5.82 Å². The number of benzene rings is 2. The van der Waals surface area contributed by atoms with Crippen LogP contribution in [-0.4, -0.2) is 31.4 Å². The van der Waals surface area contributed by atoms with Crippen molar-refractivity contribution in [3.05, 3.63) is 88.1 Å². The van der Waals surface area contributed by atoms with Gasteiger partial charge in [-0.1, -0.05) is 45.9 Å². The number of thiazole rings is 1. The number of nitrogens with zero attached hydrogens (tertiary/aromatic N) is 4. The largest absolute Gasteiger partial charge is 0.301 e. The summed E-state index contributed by atoms with van der Waals surface area (Å²) < 4.78 is 16.1. The van der Waals surface area contributed by atoms with Gasteiger partial charge in [0.15, 0.2) is 16.1 Å². The summed E-state index contributed by atoms with van der Waals surface area (Å²) in [4.78, 5) is 17.9. The van der Waals surface area contributed by atoms with Crippen LogP contribution in [0.4, 0.5) is 9.52 Å². The van der Waals surface area contributed by atoms with Crippen molar-refractivity contribution in [2.24, 2.45) is 0 Å². The number of hydrogen-bond acceptors (Lipinski definition) is 6. The Morgan fingerprint density at radius 3 is 2.67 bits per heavy atom. The van der Waals surface area contributed by atoms with Crippen molar-refractivity contribution < 1.29 is 9.18 Å². The average Bonchev–Trinajstić information content (AvgIpc) is 3.41. The van der Waals surface area contributed by atoms with Crippen molar-refractivity contribution in [1.82, 2.24) is 19.7 Å². The van der Waals surface area contributed by atoms with Gasteiger partial charge in [0.1, 0.15) is 5.82 Å². The van der Waals surface area contributed by atoms with E-state index in [1.54, 1.807) is 24.4 Å². The van der Waals surface area contributed by atoms with E-state index in [1.165, 1.54) is 40.8 Å². The maximum atomic E-state index is 13.3. The van der Waals surface area contributed by atoms with Crippen LogP contribution in [0.5, 0.6) is 0 Å². The number of carbonyl (C=O) groups excluding carboxylic acids is 1. The summed E-state index contributed by atoms with van der Waals surface area (Å²) in [5.41, 5.74) is 1.91. The van der Waals surface area contributed by atoms with Crippen LogP contribution in [0.3, 0.4) is 0 Å². The van der Waals surface area contributed by atoms with Crippen LogP contribution in [0.15, 0.2) is 77.0 Å². The second kappa shape index (κ2) is 10.9. The Morgan fingerprint density at radius 1 is 1.18 bits per heavy atom. The highest BCUT2D eigenvalue weighted by atomic mass is 79.9. The molecule has 0 unspecified atom stereocenters. The average molecular weight is 544 g/mol. The molecule has 0 saturated carbocycles. The molecule has 2 heterocycles. The van der Waals surface area contributed by atoms with Crippen LogP contribution >= 0.6 is 39.0 Å². The first-order valence-electron chi connectivity index (χ1n) is 9.93. The summed E-state index contributed by atoms with van der Waals surface area (Å²) >= 11 is 6.16. The van der Waals surface area contributed by atoms with E-state index >= 15 is 0 Å². The van der Waals surface area contributed by atoms with E-state index < -0.39 is 0 Å². The molecule has 0 aliphatic heterocycles. The highest BCUT2D eigenvalue weighted by molar-refractivity contribution is 9.10. The zero-order chi connectivity index (χ0) is 23.2. The van der Waals surface area contributed by atoms with Gasteiger partial charge in [0.05, 0.1) is 5.75 Å². The number of amides is 1. The topological polar surface area (TPSA) is 72.7 Å². The predicted octanol–water partition coefficient (Wildman–Crippen LogP) is 5.81. The number of allylic oxidation sites excluding steroid dienone is 1. The molecule has 168 valence electrons. The fourth-order valence-electron chi connectivity index (χ4n) is 3.04. The van der Waals surface area contributed by atoms with Gasteiger partial charge in [-0.15, -0.1) is 28.1 Å². The zero-order valence-electron chi connectivity index (χ0n) is 17.4. The SMILES string of the molecule is C=CCn1c(SCC(=O)Nc2ncc(Cc3ccc(Br)cc3)s2)nnc1-c1ccc(F)cc1. The number of rotatable bonds is 9. The van der Waals surface area contributed by atoms with Gasteiger partial charge >= 0.3 is 0 Å². The third-order valence-electron chi connectivity index (χ3n) is 4.55. The molecule has 0 saturated heterocycles. The minimum atomic E-state index is -0.318. The van der Waals surface area contributed by atoms with Crippen molar-refractivity contribution in [2.45, 2.75) is 18.1 Å². The van der Waals surface area contributed by atoms with Crippen molar-refractivity contribution in [3.8, 4) is 11.4 Å². The minimum Gasteiger partial charge on any atom is -0.301 e. The molecule has 1 amide bonds. The molecule has 4 rings (SSSR count). The predicted molar refractivity (Wildman–Crippen MR) is 134 cm³/mol. The third kappa shape index (κ3) is 6.16. The van der Waals surface area contributed by atoms with Gasteiger partial charge in [-0.2, -0.15) is 0 Å². The van der Waals surface area contributed by atoms with Crippen LogP contribution in [0.25, 0.3) is 11.4 Å². The second-order valence-corrected chi connectivity index (χ2v) is 9.96. The molecular weight excluding hydrogens is 525 g/mol. The van der Waals surface area contributed by atoms with Crippen molar-refractivity contribution in [1.29, 1.82) is 0 Å². The van der Waals surface area contributed by atoms with E-state index in [4.69, 9.17) is 0 Å². The van der Waals surface area contributed by atoms with E-state index in [0.717, 1.165) is 21.3 Å². The van der Waals surface area contributed by atoms with Gasteiger partial charge in [0.2, 0.25) is 5.91 Å². The normalized spacial score (nSPS) is 10.8. The van der Waals surface area contributed by atoms with Gasteiger partial charge in [-0.05, 0) is 42.0 Å². The molecule has 0 fully saturated rings. The summed E-state index contributed by atoms with van der Waals surface area (Å²) in [6, 6.07) is 14.2. The molecule has 10 heteroatoms. The van der Waals surface area contributed by atoms with Crippen molar-refractivity contribution in [2.75, 3.05) is 11.1 Å². The fourth-order valence-corrected chi connectivity index (χ4v) is 4.91.